The van der Waals surface area contributed by atoms with E-state index in [1.54, 1.807) is 24.3 Å². The maximum atomic E-state index is 13.7. The SMILES string of the molecule is CN(C(=O)c1cc(C(C)(C)C)cc(C(C)(C)C)c1)[C@H]1CCN(C(=O)CCCCC(c2ccc(F)cc2)c2ccc(F)cc2)C1. The van der Waals surface area contributed by atoms with Crippen LogP contribution in [-0.4, -0.2) is 47.8 Å². The van der Waals surface area contributed by atoms with Gasteiger partial charge in [-0.25, -0.2) is 8.78 Å². The number of likely N-dealkylation sites (tertiary alicyclic amines) is 1. The highest BCUT2D eigenvalue weighted by Crippen LogP contribution is 2.32. The van der Waals surface area contributed by atoms with Gasteiger partial charge in [-0.1, -0.05) is 78.3 Å². The van der Waals surface area contributed by atoms with Crippen molar-refractivity contribution in [1.82, 2.24) is 9.80 Å². The Kier molecular flexibility index (Phi) is 10.3. The largest absolute Gasteiger partial charge is 0.341 e. The van der Waals surface area contributed by atoms with E-state index in [1.807, 2.05) is 29.0 Å². The van der Waals surface area contributed by atoms with E-state index in [9.17, 15) is 18.4 Å². The summed E-state index contributed by atoms with van der Waals surface area (Å²) >= 11 is 0. The molecule has 3 aromatic rings. The number of unbranched alkanes of at least 4 members (excludes halogenated alkanes) is 1. The molecule has 1 atom stereocenters. The lowest BCUT2D eigenvalue weighted by atomic mass is 9.79. The topological polar surface area (TPSA) is 40.6 Å². The van der Waals surface area contributed by atoms with Gasteiger partial charge in [0.15, 0.2) is 0 Å². The summed E-state index contributed by atoms with van der Waals surface area (Å²) in [7, 11) is 1.85. The zero-order chi connectivity index (χ0) is 32.2. The molecule has 44 heavy (non-hydrogen) atoms. The number of rotatable bonds is 9. The molecule has 3 aromatic carbocycles. The van der Waals surface area contributed by atoms with Crippen LogP contribution in [0.4, 0.5) is 8.78 Å². The molecule has 0 bridgehead atoms. The highest BCUT2D eigenvalue weighted by atomic mass is 19.1. The minimum Gasteiger partial charge on any atom is -0.341 e. The van der Waals surface area contributed by atoms with E-state index in [0.717, 1.165) is 47.9 Å². The first-order valence-electron chi connectivity index (χ1n) is 15.9. The summed E-state index contributed by atoms with van der Waals surface area (Å²) in [5.41, 5.74) is 4.78. The van der Waals surface area contributed by atoms with Crippen molar-refractivity contribution in [3.05, 3.63) is 106 Å². The van der Waals surface area contributed by atoms with Crippen LogP contribution in [0.15, 0.2) is 66.7 Å². The van der Waals surface area contributed by atoms with Gasteiger partial charge in [0.1, 0.15) is 11.6 Å². The third-order valence-electron chi connectivity index (χ3n) is 8.97. The molecule has 0 aromatic heterocycles. The van der Waals surface area contributed by atoms with Gasteiger partial charge in [0.25, 0.3) is 5.91 Å². The van der Waals surface area contributed by atoms with E-state index >= 15 is 0 Å². The van der Waals surface area contributed by atoms with Crippen molar-refractivity contribution in [2.24, 2.45) is 0 Å². The molecule has 1 aliphatic heterocycles. The normalized spacial score (nSPS) is 15.6. The third-order valence-corrected chi connectivity index (χ3v) is 8.97. The van der Waals surface area contributed by atoms with E-state index in [0.29, 0.717) is 25.1 Å². The number of carbonyl (C=O) groups is 2. The number of amides is 2. The van der Waals surface area contributed by atoms with E-state index in [-0.39, 0.29) is 46.2 Å². The molecule has 0 spiro atoms. The molecule has 0 N–H and O–H groups in total. The van der Waals surface area contributed by atoms with Gasteiger partial charge in [-0.15, -0.1) is 0 Å². The molecule has 2 amide bonds. The maximum Gasteiger partial charge on any atom is 0.253 e. The summed E-state index contributed by atoms with van der Waals surface area (Å²) in [4.78, 5) is 30.6. The number of carbonyl (C=O) groups excluding carboxylic acids is 2. The summed E-state index contributed by atoms with van der Waals surface area (Å²) in [6.45, 7) is 14.2. The van der Waals surface area contributed by atoms with Gasteiger partial charge in [-0.2, -0.15) is 0 Å². The first-order chi connectivity index (χ1) is 20.6. The molecule has 4 nitrogen and oxygen atoms in total. The predicted molar refractivity (Wildman–Crippen MR) is 174 cm³/mol. The molecule has 6 heteroatoms. The molecule has 0 saturated carbocycles. The predicted octanol–water partition coefficient (Wildman–Crippen LogP) is 8.63. The maximum absolute atomic E-state index is 13.7. The van der Waals surface area contributed by atoms with Gasteiger partial charge in [-0.05, 0) is 88.7 Å². The number of hydrogen-bond donors (Lipinski definition) is 0. The number of nitrogens with zero attached hydrogens (tertiary/aromatic N) is 2. The molecule has 1 heterocycles. The minimum atomic E-state index is -0.290. The molecule has 1 saturated heterocycles. The van der Waals surface area contributed by atoms with Crippen LogP contribution in [0, 0.1) is 11.6 Å². The molecular formula is C38H48F2N2O2. The van der Waals surface area contributed by atoms with Gasteiger partial charge >= 0.3 is 0 Å². The van der Waals surface area contributed by atoms with Crippen molar-refractivity contribution in [3.8, 4) is 0 Å². The molecule has 236 valence electrons. The smallest absolute Gasteiger partial charge is 0.253 e. The second kappa shape index (κ2) is 13.6. The summed E-state index contributed by atoms with van der Waals surface area (Å²) in [5.74, 6) is -0.479. The lowest BCUT2D eigenvalue weighted by Gasteiger charge is -2.29. The number of benzene rings is 3. The molecule has 1 fully saturated rings. The van der Waals surface area contributed by atoms with Crippen LogP contribution in [-0.2, 0) is 15.6 Å². The molecule has 1 aliphatic rings. The van der Waals surface area contributed by atoms with Crippen LogP contribution in [0.1, 0.15) is 112 Å². The standard InChI is InChI=1S/C38H48F2N2O2/c1-37(2,3)29-22-28(23-30(24-29)38(4,5)6)36(44)41(7)33-20-21-42(25-33)35(43)11-9-8-10-34(26-12-16-31(39)17-13-26)27-14-18-32(40)19-15-27/h12-19,22-24,33-34H,8-11,20-21,25H2,1-7H3/t33-/m0/s1. The van der Waals surface area contributed by atoms with Gasteiger partial charge in [0, 0.05) is 38.0 Å². The highest BCUT2D eigenvalue weighted by Gasteiger charge is 2.32. The van der Waals surface area contributed by atoms with Crippen LogP contribution < -0.4 is 0 Å². The Labute approximate surface area is 262 Å². The summed E-state index contributed by atoms with van der Waals surface area (Å²) < 4.78 is 27.1. The van der Waals surface area contributed by atoms with Crippen molar-refractivity contribution in [3.63, 3.8) is 0 Å². The summed E-state index contributed by atoms with van der Waals surface area (Å²) in [5, 5.41) is 0. The summed E-state index contributed by atoms with van der Waals surface area (Å²) in [6, 6.07) is 19.2. The van der Waals surface area contributed by atoms with E-state index in [4.69, 9.17) is 0 Å². The van der Waals surface area contributed by atoms with Crippen molar-refractivity contribution in [2.75, 3.05) is 20.1 Å². The van der Waals surface area contributed by atoms with Crippen LogP contribution in [0.3, 0.4) is 0 Å². The Balaban J connectivity index is 1.34. The van der Waals surface area contributed by atoms with Gasteiger partial charge in [0.05, 0.1) is 6.04 Å². The molecule has 4 rings (SSSR count). The first-order valence-corrected chi connectivity index (χ1v) is 15.9. The second-order valence-corrected chi connectivity index (χ2v) is 14.4. The van der Waals surface area contributed by atoms with Crippen molar-refractivity contribution in [1.29, 1.82) is 0 Å². The van der Waals surface area contributed by atoms with Crippen molar-refractivity contribution >= 4 is 11.8 Å². The lowest BCUT2D eigenvalue weighted by Crippen LogP contribution is -2.40. The number of hydrogen-bond acceptors (Lipinski definition) is 2. The average molecular weight is 603 g/mol. The van der Waals surface area contributed by atoms with Gasteiger partial charge in [-0.3, -0.25) is 9.59 Å². The second-order valence-electron chi connectivity index (χ2n) is 14.4. The Morgan fingerprint density at radius 1 is 0.818 bits per heavy atom. The zero-order valence-corrected chi connectivity index (χ0v) is 27.4. The lowest BCUT2D eigenvalue weighted by molar-refractivity contribution is -0.130. The Morgan fingerprint density at radius 2 is 1.32 bits per heavy atom. The fraction of sp³-hybridized carbons (Fsp3) is 0.474. The monoisotopic (exact) mass is 602 g/mol. The minimum absolute atomic E-state index is 0.00211. The van der Waals surface area contributed by atoms with Crippen LogP contribution in [0.2, 0.25) is 0 Å². The fourth-order valence-electron chi connectivity index (χ4n) is 5.97. The van der Waals surface area contributed by atoms with Gasteiger partial charge < -0.3 is 9.80 Å². The van der Waals surface area contributed by atoms with Crippen molar-refractivity contribution in [2.45, 2.75) is 96.4 Å². The Bertz CT molecular complexity index is 1360. The van der Waals surface area contributed by atoms with Gasteiger partial charge in [0.2, 0.25) is 5.91 Å². The van der Waals surface area contributed by atoms with Crippen LogP contribution in [0.25, 0.3) is 0 Å². The first kappa shape index (κ1) is 33.4. The Hall–Kier alpha value is -3.54. The molecule has 0 aliphatic carbocycles. The van der Waals surface area contributed by atoms with Crippen LogP contribution >= 0.6 is 0 Å². The zero-order valence-electron chi connectivity index (χ0n) is 27.4. The highest BCUT2D eigenvalue weighted by molar-refractivity contribution is 5.95. The van der Waals surface area contributed by atoms with E-state index in [2.05, 4.69) is 47.6 Å². The number of halogens is 2. The summed E-state index contributed by atoms with van der Waals surface area (Å²) in [6.07, 6.45) is 3.50. The number of likely N-dealkylation sites (N-methyl/N-ethyl adjacent to an activating group) is 1. The molecular weight excluding hydrogens is 554 g/mol. The van der Waals surface area contributed by atoms with E-state index < -0.39 is 0 Å². The van der Waals surface area contributed by atoms with E-state index in [1.165, 1.54) is 24.3 Å². The molecule has 0 unspecified atom stereocenters. The third kappa shape index (κ3) is 8.34. The molecule has 0 radical (unpaired) electrons. The average Bonchev–Trinajstić information content (AvgIpc) is 3.47. The fourth-order valence-corrected chi connectivity index (χ4v) is 5.97. The quantitative estimate of drug-likeness (QED) is 0.230. The Morgan fingerprint density at radius 3 is 1.80 bits per heavy atom. The van der Waals surface area contributed by atoms with Crippen molar-refractivity contribution < 1.29 is 18.4 Å². The van der Waals surface area contributed by atoms with Crippen LogP contribution in [0.5, 0.6) is 0 Å².